The summed E-state index contributed by atoms with van der Waals surface area (Å²) < 4.78 is 37.7. The van der Waals surface area contributed by atoms with Crippen LogP contribution in [0, 0.1) is 18.6 Å². The number of carbonyl (C=O) groups excluding carboxylic acids is 2. The molecule has 1 atom stereocenters. The third kappa shape index (κ3) is 5.43. The minimum atomic E-state index is -1.71. The van der Waals surface area contributed by atoms with Gasteiger partial charge in [0.15, 0.2) is 11.6 Å². The van der Waals surface area contributed by atoms with Gasteiger partial charge in [0, 0.05) is 56.1 Å². The summed E-state index contributed by atoms with van der Waals surface area (Å²) >= 11 is 6.42. The van der Waals surface area contributed by atoms with Crippen molar-refractivity contribution >= 4 is 46.0 Å². The standard InChI is InChI=1S/C30H31ClF2N8O5/c1-14-9-39(16-12-46-13-16)4-5-41(14)22-7-21(20(31)8-35-22)37-23(42)11-40-10-19(24-29(40)36-15(2)38(3)30(24)45)17-6-18(28(34)44)27(43)26(33)25(17)32/h6-8,10,14,16,43H,4-5,9,11-13H2,1-3H3,(H2,34,44)(H,35,37,42)/t14-/m0/s1. The van der Waals surface area contributed by atoms with E-state index in [0.29, 0.717) is 23.4 Å². The maximum atomic E-state index is 15.2. The van der Waals surface area contributed by atoms with Crippen molar-refractivity contribution in [1.82, 2.24) is 24.0 Å². The average molecular weight is 657 g/mol. The molecule has 2 aliphatic rings. The summed E-state index contributed by atoms with van der Waals surface area (Å²) in [4.78, 5) is 52.1. The van der Waals surface area contributed by atoms with Crippen LogP contribution in [0.5, 0.6) is 5.75 Å². The lowest BCUT2D eigenvalue weighted by Gasteiger charge is -2.46. The molecule has 46 heavy (non-hydrogen) atoms. The molecule has 1 aromatic carbocycles. The van der Waals surface area contributed by atoms with Crippen molar-refractivity contribution in [2.45, 2.75) is 32.5 Å². The summed E-state index contributed by atoms with van der Waals surface area (Å²) in [6.07, 6.45) is 2.72. The van der Waals surface area contributed by atoms with E-state index in [0.717, 1.165) is 38.9 Å². The molecule has 6 rings (SSSR count). The molecule has 0 aliphatic carbocycles. The van der Waals surface area contributed by atoms with E-state index in [2.05, 4.69) is 32.0 Å². The predicted octanol–water partition coefficient (Wildman–Crippen LogP) is 2.39. The highest BCUT2D eigenvalue weighted by atomic mass is 35.5. The second-order valence-corrected chi connectivity index (χ2v) is 11.9. The van der Waals surface area contributed by atoms with Crippen LogP contribution in [0.1, 0.15) is 23.1 Å². The number of phenols is 1. The Morgan fingerprint density at radius 2 is 1.93 bits per heavy atom. The molecule has 4 N–H and O–H groups in total. The Bertz CT molecular complexity index is 1960. The Kier molecular flexibility index (Phi) is 8.16. The lowest BCUT2D eigenvalue weighted by Crippen LogP contribution is -2.59. The van der Waals surface area contributed by atoms with Crippen LogP contribution in [0.25, 0.3) is 22.2 Å². The molecular formula is C30H31ClF2N8O5. The van der Waals surface area contributed by atoms with Gasteiger partial charge >= 0.3 is 0 Å². The minimum Gasteiger partial charge on any atom is -0.504 e. The van der Waals surface area contributed by atoms with Crippen molar-refractivity contribution in [2.24, 2.45) is 12.8 Å². The molecule has 0 spiro atoms. The molecular weight excluding hydrogens is 626 g/mol. The number of amides is 2. The molecule has 2 aliphatic heterocycles. The van der Waals surface area contributed by atoms with Crippen LogP contribution in [0.15, 0.2) is 29.3 Å². The quantitative estimate of drug-likeness (QED) is 0.271. The van der Waals surface area contributed by atoms with E-state index in [4.69, 9.17) is 22.1 Å². The summed E-state index contributed by atoms with van der Waals surface area (Å²) in [5.74, 6) is -5.31. The number of primary amides is 1. The SMILES string of the molecule is Cc1nc2c(c(-c3cc(C(N)=O)c(O)c(F)c3F)cn2CC(=O)Nc2cc(N3CCN(C4COC4)C[C@@H]3C)ncc2Cl)c(=O)n1C. The number of hydrogen-bond donors (Lipinski definition) is 3. The number of rotatable bonds is 7. The van der Waals surface area contributed by atoms with Crippen LogP contribution in [0.2, 0.25) is 5.02 Å². The average Bonchev–Trinajstić information content (AvgIpc) is 3.32. The molecule has 5 heterocycles. The van der Waals surface area contributed by atoms with E-state index < -0.39 is 52.4 Å². The van der Waals surface area contributed by atoms with Gasteiger partial charge in [0.2, 0.25) is 11.7 Å². The topological polar surface area (TPSA) is 161 Å². The largest absolute Gasteiger partial charge is 0.504 e. The number of ether oxygens (including phenoxy) is 1. The van der Waals surface area contributed by atoms with E-state index in [1.807, 2.05) is 0 Å². The number of aromatic nitrogens is 4. The first-order chi connectivity index (χ1) is 21.8. The summed E-state index contributed by atoms with van der Waals surface area (Å²) in [7, 11) is 1.45. The molecule has 2 saturated heterocycles. The fourth-order valence-electron chi connectivity index (χ4n) is 5.86. The van der Waals surface area contributed by atoms with Crippen LogP contribution >= 0.6 is 11.6 Å². The normalized spacial score (nSPS) is 17.3. The van der Waals surface area contributed by atoms with Gasteiger partial charge in [0.1, 0.15) is 23.8 Å². The Hall–Kier alpha value is -4.60. The summed E-state index contributed by atoms with van der Waals surface area (Å²) in [5.41, 5.74) is 3.64. The molecule has 0 saturated carbocycles. The smallest absolute Gasteiger partial charge is 0.263 e. The Morgan fingerprint density at radius 3 is 2.59 bits per heavy atom. The fraction of sp³-hybridized carbons (Fsp3) is 0.367. The zero-order valence-electron chi connectivity index (χ0n) is 25.2. The molecule has 2 amide bonds. The molecule has 0 radical (unpaired) electrons. The zero-order valence-corrected chi connectivity index (χ0v) is 25.9. The Balaban J connectivity index is 1.32. The molecule has 2 fully saturated rings. The van der Waals surface area contributed by atoms with Crippen molar-refractivity contribution in [3.63, 3.8) is 0 Å². The van der Waals surface area contributed by atoms with Gasteiger partial charge in [0.05, 0.1) is 47.1 Å². The van der Waals surface area contributed by atoms with Crippen LogP contribution in [0.3, 0.4) is 0 Å². The first-order valence-electron chi connectivity index (χ1n) is 14.5. The Labute approximate surface area is 266 Å². The third-order valence-electron chi connectivity index (χ3n) is 8.58. The number of carbonyl (C=O) groups is 2. The number of nitrogens with two attached hydrogens (primary N) is 1. The monoisotopic (exact) mass is 656 g/mol. The number of halogens is 3. The van der Waals surface area contributed by atoms with E-state index in [1.165, 1.54) is 28.6 Å². The van der Waals surface area contributed by atoms with Crippen molar-refractivity contribution < 1.29 is 28.2 Å². The molecule has 242 valence electrons. The summed E-state index contributed by atoms with van der Waals surface area (Å²) in [6.45, 7) is 7.15. The number of aromatic hydroxyl groups is 1. The number of hydrogen-bond acceptors (Lipinski definition) is 9. The number of aryl methyl sites for hydroxylation is 1. The lowest BCUT2D eigenvalue weighted by atomic mass is 10.0. The van der Waals surface area contributed by atoms with E-state index >= 15 is 4.39 Å². The van der Waals surface area contributed by atoms with Crippen molar-refractivity contribution in [2.75, 3.05) is 43.1 Å². The van der Waals surface area contributed by atoms with Crippen LogP contribution in [0.4, 0.5) is 20.3 Å². The van der Waals surface area contributed by atoms with Crippen molar-refractivity contribution in [3.05, 3.63) is 62.9 Å². The highest BCUT2D eigenvalue weighted by Gasteiger charge is 2.33. The van der Waals surface area contributed by atoms with E-state index in [9.17, 15) is 23.9 Å². The summed E-state index contributed by atoms with van der Waals surface area (Å²) in [5, 5.41) is 12.8. The zero-order chi connectivity index (χ0) is 33.0. The first kappa shape index (κ1) is 31.4. The maximum Gasteiger partial charge on any atom is 0.263 e. The van der Waals surface area contributed by atoms with Crippen molar-refractivity contribution in [3.8, 4) is 16.9 Å². The first-order valence-corrected chi connectivity index (χ1v) is 14.8. The predicted molar refractivity (Wildman–Crippen MR) is 166 cm³/mol. The van der Waals surface area contributed by atoms with Gasteiger partial charge in [-0.05, 0) is 19.9 Å². The van der Waals surface area contributed by atoms with Crippen LogP contribution in [-0.2, 0) is 23.1 Å². The number of anilines is 2. The molecule has 0 bridgehead atoms. The Morgan fingerprint density at radius 1 is 1.20 bits per heavy atom. The number of piperazine rings is 1. The highest BCUT2D eigenvalue weighted by molar-refractivity contribution is 6.33. The number of nitrogens with zero attached hydrogens (tertiary/aromatic N) is 6. The number of pyridine rings is 1. The molecule has 4 aromatic rings. The minimum absolute atomic E-state index is 0.0179. The fourth-order valence-corrected chi connectivity index (χ4v) is 6.01. The maximum absolute atomic E-state index is 15.2. The van der Waals surface area contributed by atoms with Gasteiger partial charge in [-0.25, -0.2) is 14.4 Å². The number of benzene rings is 1. The summed E-state index contributed by atoms with van der Waals surface area (Å²) in [6, 6.07) is 3.12. The molecule has 13 nitrogen and oxygen atoms in total. The van der Waals surface area contributed by atoms with Gasteiger partial charge in [0.25, 0.3) is 11.5 Å². The lowest BCUT2D eigenvalue weighted by molar-refractivity contribution is -0.116. The highest BCUT2D eigenvalue weighted by Crippen LogP contribution is 2.36. The third-order valence-corrected chi connectivity index (χ3v) is 8.88. The van der Waals surface area contributed by atoms with Crippen LogP contribution < -0.4 is 21.5 Å². The molecule has 0 unspecified atom stereocenters. The second-order valence-electron chi connectivity index (χ2n) is 11.5. The van der Waals surface area contributed by atoms with E-state index in [-0.39, 0.29) is 27.7 Å². The molecule has 16 heteroatoms. The van der Waals surface area contributed by atoms with Gasteiger partial charge in [-0.15, -0.1) is 0 Å². The number of nitrogens with one attached hydrogen (secondary N) is 1. The van der Waals surface area contributed by atoms with Gasteiger partial charge in [-0.3, -0.25) is 23.9 Å². The number of fused-ring (bicyclic) bond motifs is 1. The van der Waals surface area contributed by atoms with Crippen LogP contribution in [-0.4, -0.2) is 85.9 Å². The van der Waals surface area contributed by atoms with Gasteiger partial charge in [-0.1, -0.05) is 11.6 Å². The van der Waals surface area contributed by atoms with E-state index in [1.54, 1.807) is 13.0 Å². The van der Waals surface area contributed by atoms with Gasteiger partial charge < -0.3 is 30.4 Å². The van der Waals surface area contributed by atoms with Gasteiger partial charge in [-0.2, -0.15) is 4.39 Å². The molecule has 3 aromatic heterocycles. The second kappa shape index (κ2) is 12.0. The van der Waals surface area contributed by atoms with Crippen molar-refractivity contribution in [1.29, 1.82) is 0 Å².